The van der Waals surface area contributed by atoms with Crippen LogP contribution in [0.25, 0.3) is 0 Å². The van der Waals surface area contributed by atoms with Crippen LogP contribution in [0.3, 0.4) is 0 Å². The van der Waals surface area contributed by atoms with Gasteiger partial charge in [0.25, 0.3) is 0 Å². The van der Waals surface area contributed by atoms with E-state index in [0.29, 0.717) is 19.4 Å². The number of unbranched alkanes of at least 4 members (excludes halogenated alkanes) is 1. The minimum absolute atomic E-state index is 0.139. The summed E-state index contributed by atoms with van der Waals surface area (Å²) in [6.07, 6.45) is 8.10. The Labute approximate surface area is 102 Å². The summed E-state index contributed by atoms with van der Waals surface area (Å²) < 4.78 is 11.3. The molecule has 2 aliphatic heterocycles. The lowest BCUT2D eigenvalue weighted by Gasteiger charge is -2.33. The van der Waals surface area contributed by atoms with E-state index in [2.05, 4.69) is 0 Å². The Morgan fingerprint density at radius 2 is 2.18 bits per heavy atom. The minimum Gasteiger partial charge on any atom is -0.396 e. The van der Waals surface area contributed by atoms with Gasteiger partial charge in [-0.15, -0.1) is 0 Å². The zero-order chi connectivity index (χ0) is 12.4. The predicted octanol–water partition coefficient (Wildman–Crippen LogP) is 1.49. The van der Waals surface area contributed by atoms with Crippen molar-refractivity contribution >= 4 is 0 Å². The quantitative estimate of drug-likeness (QED) is 0.577. The average molecular weight is 240 g/mol. The number of aliphatic hydroxyl groups excluding tert-OH is 1. The number of aliphatic hydroxyl groups is 2. The Balaban J connectivity index is 1.99. The van der Waals surface area contributed by atoms with Gasteiger partial charge in [0.15, 0.2) is 5.79 Å². The van der Waals surface area contributed by atoms with E-state index in [0.717, 1.165) is 12.8 Å². The maximum absolute atomic E-state index is 10.2. The van der Waals surface area contributed by atoms with Crippen molar-refractivity contribution in [3.05, 3.63) is 23.8 Å². The largest absolute Gasteiger partial charge is 0.396 e. The molecule has 0 aromatic carbocycles. The van der Waals surface area contributed by atoms with Gasteiger partial charge in [0, 0.05) is 13.0 Å². The van der Waals surface area contributed by atoms with Gasteiger partial charge in [-0.25, -0.2) is 0 Å². The smallest absolute Gasteiger partial charge is 0.211 e. The van der Waals surface area contributed by atoms with Crippen molar-refractivity contribution in [3.8, 4) is 0 Å². The lowest BCUT2D eigenvalue weighted by molar-refractivity contribution is -0.277. The summed E-state index contributed by atoms with van der Waals surface area (Å²) in [5.74, 6) is -2.14. The first-order valence-electron chi connectivity index (χ1n) is 6.14. The van der Waals surface area contributed by atoms with E-state index in [9.17, 15) is 5.11 Å². The number of rotatable bonds is 4. The van der Waals surface area contributed by atoms with E-state index < -0.39 is 11.6 Å². The van der Waals surface area contributed by atoms with Crippen LogP contribution in [0.15, 0.2) is 23.8 Å². The average Bonchev–Trinajstić information content (AvgIpc) is 2.56. The molecule has 2 rings (SSSR count). The van der Waals surface area contributed by atoms with Crippen molar-refractivity contribution in [2.24, 2.45) is 0 Å². The Bertz CT molecular complexity index is 336. The Morgan fingerprint density at radius 1 is 1.35 bits per heavy atom. The second-order valence-electron chi connectivity index (χ2n) is 4.77. The number of hydrogen-bond donors (Lipinski definition) is 2. The van der Waals surface area contributed by atoms with Gasteiger partial charge >= 0.3 is 0 Å². The molecule has 0 aromatic rings. The number of ether oxygens (including phenoxy) is 2. The molecule has 2 atom stereocenters. The SMILES string of the molecule is CC1=C[C@]2(C=CC(O)(CCCCO)O2)OCC1. The van der Waals surface area contributed by atoms with Gasteiger partial charge in [-0.2, -0.15) is 0 Å². The fourth-order valence-corrected chi connectivity index (χ4v) is 2.20. The lowest BCUT2D eigenvalue weighted by atomic mass is 10.1. The molecule has 0 amide bonds. The van der Waals surface area contributed by atoms with Gasteiger partial charge in [-0.3, -0.25) is 0 Å². The van der Waals surface area contributed by atoms with Gasteiger partial charge < -0.3 is 19.7 Å². The minimum atomic E-state index is -1.26. The summed E-state index contributed by atoms with van der Waals surface area (Å²) >= 11 is 0. The highest BCUT2D eigenvalue weighted by Gasteiger charge is 2.44. The molecule has 1 spiro atoms. The molecule has 17 heavy (non-hydrogen) atoms. The van der Waals surface area contributed by atoms with E-state index in [4.69, 9.17) is 14.6 Å². The molecule has 1 unspecified atom stereocenters. The fourth-order valence-electron chi connectivity index (χ4n) is 2.20. The molecule has 4 nitrogen and oxygen atoms in total. The summed E-state index contributed by atoms with van der Waals surface area (Å²) in [6, 6.07) is 0. The second kappa shape index (κ2) is 4.90. The topological polar surface area (TPSA) is 58.9 Å². The van der Waals surface area contributed by atoms with E-state index in [1.54, 1.807) is 12.2 Å². The van der Waals surface area contributed by atoms with E-state index >= 15 is 0 Å². The van der Waals surface area contributed by atoms with Crippen molar-refractivity contribution in [3.63, 3.8) is 0 Å². The van der Waals surface area contributed by atoms with Crippen LogP contribution >= 0.6 is 0 Å². The van der Waals surface area contributed by atoms with Gasteiger partial charge in [0.05, 0.1) is 6.61 Å². The third-order valence-electron chi connectivity index (χ3n) is 3.13. The van der Waals surface area contributed by atoms with Crippen molar-refractivity contribution < 1.29 is 19.7 Å². The molecule has 0 bridgehead atoms. The summed E-state index contributed by atoms with van der Waals surface area (Å²) in [7, 11) is 0. The lowest BCUT2D eigenvalue weighted by Crippen LogP contribution is -2.39. The van der Waals surface area contributed by atoms with Crippen molar-refractivity contribution in [2.75, 3.05) is 13.2 Å². The zero-order valence-electron chi connectivity index (χ0n) is 10.2. The standard InChI is InChI=1S/C13H20O4/c1-11-4-9-16-13(10-11)7-6-12(15,17-13)5-2-3-8-14/h6-7,10,14-15H,2-5,8-9H2,1H3/t12?,13-/m1/s1. The molecule has 0 radical (unpaired) electrons. The second-order valence-corrected chi connectivity index (χ2v) is 4.77. The monoisotopic (exact) mass is 240 g/mol. The van der Waals surface area contributed by atoms with E-state index in [1.807, 2.05) is 13.0 Å². The molecule has 0 fully saturated rings. The third kappa shape index (κ3) is 2.96. The summed E-state index contributed by atoms with van der Waals surface area (Å²) in [5.41, 5.74) is 1.21. The molecule has 2 aliphatic rings. The molecule has 96 valence electrons. The van der Waals surface area contributed by atoms with Crippen molar-refractivity contribution in [1.82, 2.24) is 0 Å². The Hall–Kier alpha value is -0.680. The first-order chi connectivity index (χ1) is 8.08. The summed E-state index contributed by atoms with van der Waals surface area (Å²) in [5, 5.41) is 18.9. The van der Waals surface area contributed by atoms with E-state index in [-0.39, 0.29) is 6.61 Å². The van der Waals surface area contributed by atoms with Crippen molar-refractivity contribution in [2.45, 2.75) is 44.2 Å². The highest BCUT2D eigenvalue weighted by atomic mass is 16.8. The summed E-state index contributed by atoms with van der Waals surface area (Å²) in [4.78, 5) is 0. The normalized spacial score (nSPS) is 36.5. The maximum Gasteiger partial charge on any atom is 0.211 e. The first kappa shape index (κ1) is 12.8. The number of hydrogen-bond acceptors (Lipinski definition) is 4. The molecular weight excluding hydrogens is 220 g/mol. The highest BCUT2D eigenvalue weighted by Crippen LogP contribution is 2.37. The Kier molecular flexibility index (Phi) is 3.68. The van der Waals surface area contributed by atoms with Crippen LogP contribution in [0, 0.1) is 0 Å². The van der Waals surface area contributed by atoms with Crippen LogP contribution in [0.5, 0.6) is 0 Å². The third-order valence-corrected chi connectivity index (χ3v) is 3.13. The Morgan fingerprint density at radius 3 is 2.88 bits per heavy atom. The van der Waals surface area contributed by atoms with Crippen LogP contribution in [0.1, 0.15) is 32.6 Å². The van der Waals surface area contributed by atoms with E-state index in [1.165, 1.54) is 5.57 Å². The molecule has 2 heterocycles. The molecule has 2 N–H and O–H groups in total. The first-order valence-corrected chi connectivity index (χ1v) is 6.14. The van der Waals surface area contributed by atoms with Gasteiger partial charge in [-0.05, 0) is 44.4 Å². The zero-order valence-corrected chi connectivity index (χ0v) is 10.2. The van der Waals surface area contributed by atoms with Gasteiger partial charge in [0.2, 0.25) is 5.79 Å². The van der Waals surface area contributed by atoms with Gasteiger partial charge in [-0.1, -0.05) is 5.57 Å². The van der Waals surface area contributed by atoms with Crippen LogP contribution in [-0.2, 0) is 9.47 Å². The molecule has 0 saturated heterocycles. The van der Waals surface area contributed by atoms with Gasteiger partial charge in [0.1, 0.15) is 0 Å². The molecular formula is C13H20O4. The van der Waals surface area contributed by atoms with Crippen LogP contribution < -0.4 is 0 Å². The highest BCUT2D eigenvalue weighted by molar-refractivity contribution is 5.23. The maximum atomic E-state index is 10.2. The predicted molar refractivity (Wildman–Crippen MR) is 63.2 cm³/mol. The molecule has 0 aromatic heterocycles. The molecule has 0 aliphatic carbocycles. The van der Waals surface area contributed by atoms with Crippen LogP contribution in [0.4, 0.5) is 0 Å². The van der Waals surface area contributed by atoms with Crippen LogP contribution in [0.2, 0.25) is 0 Å². The molecule has 0 saturated carbocycles. The van der Waals surface area contributed by atoms with Crippen LogP contribution in [-0.4, -0.2) is 35.0 Å². The van der Waals surface area contributed by atoms with Crippen molar-refractivity contribution in [1.29, 1.82) is 0 Å². The summed E-state index contributed by atoms with van der Waals surface area (Å²) in [6.45, 7) is 2.78. The molecule has 4 heteroatoms. The fraction of sp³-hybridized carbons (Fsp3) is 0.692.